The van der Waals surface area contributed by atoms with Crippen molar-refractivity contribution in [2.75, 3.05) is 26.4 Å². The molecule has 0 radical (unpaired) electrons. The monoisotopic (exact) mass is 248 g/mol. The van der Waals surface area contributed by atoms with Gasteiger partial charge in [0, 0.05) is 12.6 Å². The molecule has 0 amide bonds. The molecule has 98 valence electrons. The predicted molar refractivity (Wildman–Crippen MR) is 70.3 cm³/mol. The molecule has 0 aliphatic carbocycles. The maximum Gasteiger partial charge on any atom is 0.231 e. The van der Waals surface area contributed by atoms with Crippen LogP contribution in [0.2, 0.25) is 0 Å². The van der Waals surface area contributed by atoms with Crippen LogP contribution in [0.3, 0.4) is 0 Å². The van der Waals surface area contributed by atoms with Crippen LogP contribution < -0.4 is 20.1 Å². The molecule has 1 aromatic rings. The summed E-state index contributed by atoms with van der Waals surface area (Å²) in [5.41, 5.74) is 2.63. The minimum atomic E-state index is 0.351. The highest BCUT2D eigenvalue weighted by molar-refractivity contribution is 5.48. The van der Waals surface area contributed by atoms with Gasteiger partial charge in [-0.1, -0.05) is 0 Å². The molecule has 2 aliphatic heterocycles. The van der Waals surface area contributed by atoms with Crippen molar-refractivity contribution < 1.29 is 9.47 Å². The van der Waals surface area contributed by atoms with Gasteiger partial charge in [-0.3, -0.25) is 0 Å². The molecule has 0 spiro atoms. The van der Waals surface area contributed by atoms with E-state index in [-0.39, 0.29) is 0 Å². The standard InChI is InChI=1S/C14H20N2O2/c1-10-6-13-14(18-9-17-13)7-11(10)2-5-16-12-3-4-15-8-12/h6-7,12,15-16H,2-5,8-9H2,1H3. The smallest absolute Gasteiger partial charge is 0.231 e. The lowest BCUT2D eigenvalue weighted by molar-refractivity contribution is 0.174. The Labute approximate surface area is 108 Å². The number of hydrogen-bond acceptors (Lipinski definition) is 4. The third-order valence-electron chi connectivity index (χ3n) is 3.72. The fourth-order valence-corrected chi connectivity index (χ4v) is 2.59. The molecule has 0 bridgehead atoms. The van der Waals surface area contributed by atoms with Gasteiger partial charge in [-0.05, 0) is 56.1 Å². The highest BCUT2D eigenvalue weighted by Gasteiger charge is 2.16. The van der Waals surface area contributed by atoms with E-state index >= 15 is 0 Å². The van der Waals surface area contributed by atoms with E-state index in [0.717, 1.165) is 37.6 Å². The van der Waals surface area contributed by atoms with E-state index in [2.05, 4.69) is 29.7 Å². The Bertz CT molecular complexity index is 428. The Hall–Kier alpha value is -1.26. The maximum absolute atomic E-state index is 5.42. The largest absolute Gasteiger partial charge is 0.454 e. The molecular weight excluding hydrogens is 228 g/mol. The molecular formula is C14H20N2O2. The number of hydrogen-bond donors (Lipinski definition) is 2. The Balaban J connectivity index is 1.58. The Morgan fingerprint density at radius 2 is 2.17 bits per heavy atom. The van der Waals surface area contributed by atoms with Crippen molar-refractivity contribution >= 4 is 0 Å². The van der Waals surface area contributed by atoms with E-state index in [1.807, 2.05) is 0 Å². The summed E-state index contributed by atoms with van der Waals surface area (Å²) < 4.78 is 10.8. The molecule has 1 fully saturated rings. The van der Waals surface area contributed by atoms with Crippen LogP contribution in [0.5, 0.6) is 11.5 Å². The summed E-state index contributed by atoms with van der Waals surface area (Å²) in [6.07, 6.45) is 2.28. The molecule has 1 aromatic carbocycles. The average Bonchev–Trinajstić information content (AvgIpc) is 3.00. The van der Waals surface area contributed by atoms with Crippen molar-refractivity contribution in [2.45, 2.75) is 25.8 Å². The van der Waals surface area contributed by atoms with Gasteiger partial charge >= 0.3 is 0 Å². The van der Waals surface area contributed by atoms with Gasteiger partial charge in [-0.2, -0.15) is 0 Å². The molecule has 4 nitrogen and oxygen atoms in total. The SMILES string of the molecule is Cc1cc2c(cc1CCNC1CCNC1)OCO2. The lowest BCUT2D eigenvalue weighted by Gasteiger charge is -2.12. The first-order valence-corrected chi connectivity index (χ1v) is 6.66. The molecule has 4 heteroatoms. The quantitative estimate of drug-likeness (QED) is 0.840. The van der Waals surface area contributed by atoms with Gasteiger partial charge in [0.05, 0.1) is 0 Å². The molecule has 0 aromatic heterocycles. The summed E-state index contributed by atoms with van der Waals surface area (Å²) >= 11 is 0. The zero-order valence-electron chi connectivity index (χ0n) is 10.8. The summed E-state index contributed by atoms with van der Waals surface area (Å²) in [6.45, 7) is 5.74. The second kappa shape index (κ2) is 5.16. The van der Waals surface area contributed by atoms with Crippen LogP contribution in [0, 0.1) is 6.92 Å². The Morgan fingerprint density at radius 1 is 1.33 bits per heavy atom. The Kier molecular flexibility index (Phi) is 3.39. The van der Waals surface area contributed by atoms with Crippen LogP contribution in [-0.4, -0.2) is 32.5 Å². The van der Waals surface area contributed by atoms with Gasteiger partial charge in [-0.15, -0.1) is 0 Å². The summed E-state index contributed by atoms with van der Waals surface area (Å²) in [7, 11) is 0. The second-order valence-corrected chi connectivity index (χ2v) is 5.03. The van der Waals surface area contributed by atoms with E-state index in [1.54, 1.807) is 0 Å². The minimum absolute atomic E-state index is 0.351. The van der Waals surface area contributed by atoms with Crippen LogP contribution >= 0.6 is 0 Å². The van der Waals surface area contributed by atoms with Gasteiger partial charge < -0.3 is 20.1 Å². The fraction of sp³-hybridized carbons (Fsp3) is 0.571. The first-order valence-electron chi connectivity index (χ1n) is 6.66. The minimum Gasteiger partial charge on any atom is -0.454 e. The van der Waals surface area contributed by atoms with Gasteiger partial charge in [0.1, 0.15) is 0 Å². The fourth-order valence-electron chi connectivity index (χ4n) is 2.59. The van der Waals surface area contributed by atoms with E-state index in [0.29, 0.717) is 12.8 Å². The molecule has 18 heavy (non-hydrogen) atoms. The molecule has 3 rings (SSSR count). The van der Waals surface area contributed by atoms with Crippen LogP contribution in [0.4, 0.5) is 0 Å². The number of benzene rings is 1. The van der Waals surface area contributed by atoms with Crippen molar-refractivity contribution in [3.05, 3.63) is 23.3 Å². The summed E-state index contributed by atoms with van der Waals surface area (Å²) in [6, 6.07) is 4.83. The summed E-state index contributed by atoms with van der Waals surface area (Å²) in [4.78, 5) is 0. The molecule has 1 saturated heterocycles. The topological polar surface area (TPSA) is 42.5 Å². The van der Waals surface area contributed by atoms with Crippen LogP contribution in [0.25, 0.3) is 0 Å². The highest BCUT2D eigenvalue weighted by Crippen LogP contribution is 2.34. The summed E-state index contributed by atoms with van der Waals surface area (Å²) in [5, 5.41) is 6.96. The van der Waals surface area contributed by atoms with Crippen LogP contribution in [0.1, 0.15) is 17.5 Å². The first-order chi connectivity index (χ1) is 8.83. The third kappa shape index (κ3) is 2.44. The zero-order valence-corrected chi connectivity index (χ0v) is 10.8. The predicted octanol–water partition coefficient (Wildman–Crippen LogP) is 1.22. The molecule has 1 atom stereocenters. The molecule has 1 unspecified atom stereocenters. The maximum atomic E-state index is 5.42. The molecule has 2 N–H and O–H groups in total. The number of rotatable bonds is 4. The Morgan fingerprint density at radius 3 is 2.94 bits per heavy atom. The van der Waals surface area contributed by atoms with Gasteiger partial charge in [0.15, 0.2) is 11.5 Å². The van der Waals surface area contributed by atoms with Crippen molar-refractivity contribution in [1.82, 2.24) is 10.6 Å². The third-order valence-corrected chi connectivity index (χ3v) is 3.72. The zero-order chi connectivity index (χ0) is 12.4. The number of nitrogens with one attached hydrogen (secondary N) is 2. The van der Waals surface area contributed by atoms with Gasteiger partial charge in [0.25, 0.3) is 0 Å². The second-order valence-electron chi connectivity index (χ2n) is 5.03. The average molecular weight is 248 g/mol. The van der Waals surface area contributed by atoms with E-state index in [9.17, 15) is 0 Å². The van der Waals surface area contributed by atoms with Crippen LogP contribution in [0.15, 0.2) is 12.1 Å². The van der Waals surface area contributed by atoms with E-state index in [1.165, 1.54) is 17.5 Å². The first kappa shape index (κ1) is 11.8. The normalized spacial score (nSPS) is 21.5. The van der Waals surface area contributed by atoms with Crippen molar-refractivity contribution in [3.8, 4) is 11.5 Å². The lowest BCUT2D eigenvalue weighted by atomic mass is 10.0. The van der Waals surface area contributed by atoms with Crippen molar-refractivity contribution in [3.63, 3.8) is 0 Å². The number of aryl methyl sites for hydroxylation is 1. The molecule has 2 aliphatic rings. The summed E-state index contributed by atoms with van der Waals surface area (Å²) in [5.74, 6) is 1.77. The highest BCUT2D eigenvalue weighted by atomic mass is 16.7. The lowest BCUT2D eigenvalue weighted by Crippen LogP contribution is -2.32. The van der Waals surface area contributed by atoms with Crippen molar-refractivity contribution in [2.24, 2.45) is 0 Å². The van der Waals surface area contributed by atoms with E-state index in [4.69, 9.17) is 9.47 Å². The van der Waals surface area contributed by atoms with Crippen LogP contribution in [-0.2, 0) is 6.42 Å². The van der Waals surface area contributed by atoms with Crippen molar-refractivity contribution in [1.29, 1.82) is 0 Å². The van der Waals surface area contributed by atoms with Gasteiger partial charge in [0.2, 0.25) is 6.79 Å². The molecule has 0 saturated carbocycles. The molecule has 2 heterocycles. The number of fused-ring (bicyclic) bond motifs is 1. The van der Waals surface area contributed by atoms with Gasteiger partial charge in [-0.25, -0.2) is 0 Å². The van der Waals surface area contributed by atoms with E-state index < -0.39 is 0 Å². The number of ether oxygens (including phenoxy) is 2.